The molecular formula is C32H31ClF3N5O3. The van der Waals surface area contributed by atoms with Crippen LogP contribution in [0.3, 0.4) is 0 Å². The minimum atomic E-state index is -2.90. The van der Waals surface area contributed by atoms with Crippen molar-refractivity contribution in [3.05, 3.63) is 112 Å². The summed E-state index contributed by atoms with van der Waals surface area (Å²) >= 11 is 6.58. The molecule has 3 aromatic carbocycles. The normalized spacial score (nSPS) is 23.7. The average Bonchev–Trinajstić information content (AvgIpc) is 3.37. The molecule has 0 spiro atoms. The maximum atomic E-state index is 14.8. The Morgan fingerprint density at radius 2 is 1.86 bits per heavy atom. The molecule has 12 heteroatoms. The molecule has 0 radical (unpaired) electrons. The van der Waals surface area contributed by atoms with Crippen molar-refractivity contribution in [2.45, 2.75) is 62.4 Å². The van der Waals surface area contributed by atoms with Gasteiger partial charge in [-0.15, -0.1) is 0 Å². The molecule has 3 aliphatic rings. The van der Waals surface area contributed by atoms with Gasteiger partial charge in [0.15, 0.2) is 12.2 Å². The van der Waals surface area contributed by atoms with Crippen LogP contribution in [0, 0.1) is 11.0 Å². The topological polar surface area (TPSA) is 92.2 Å². The predicted octanol–water partition coefficient (Wildman–Crippen LogP) is 4.63. The van der Waals surface area contributed by atoms with Crippen LogP contribution in [0.15, 0.2) is 79.0 Å². The number of hydroxylamine groups is 1. The summed E-state index contributed by atoms with van der Waals surface area (Å²) in [5.41, 5.74) is 0.801. The summed E-state index contributed by atoms with van der Waals surface area (Å²) in [6, 6.07) is 16.8. The van der Waals surface area contributed by atoms with Crippen LogP contribution in [0.2, 0.25) is 5.02 Å². The third-order valence-electron chi connectivity index (χ3n) is 8.56. The Kier molecular flexibility index (Phi) is 7.81. The van der Waals surface area contributed by atoms with Gasteiger partial charge in [0.25, 0.3) is 11.8 Å². The van der Waals surface area contributed by atoms with E-state index in [-0.39, 0.29) is 35.0 Å². The van der Waals surface area contributed by atoms with E-state index < -0.39 is 59.6 Å². The molecule has 0 aromatic heterocycles. The van der Waals surface area contributed by atoms with Crippen LogP contribution in [0.4, 0.5) is 18.9 Å². The van der Waals surface area contributed by atoms with Crippen molar-refractivity contribution < 1.29 is 27.9 Å². The number of quaternary nitrogens is 1. The first-order valence-corrected chi connectivity index (χ1v) is 14.7. The average molecular weight is 626 g/mol. The number of likely N-dealkylation sites (tertiary alicyclic amines) is 1. The van der Waals surface area contributed by atoms with Crippen LogP contribution in [-0.4, -0.2) is 34.8 Å². The molecule has 1 aliphatic carbocycles. The lowest BCUT2D eigenvalue weighted by atomic mass is 9.88. The first-order valence-electron chi connectivity index (χ1n) is 14.4. The molecule has 2 unspecified atom stereocenters. The fourth-order valence-corrected chi connectivity index (χ4v) is 6.70. The maximum absolute atomic E-state index is 14.8. The molecule has 230 valence electrons. The molecule has 3 aromatic rings. The summed E-state index contributed by atoms with van der Waals surface area (Å²) in [5, 5.41) is 21.4. The molecule has 2 amide bonds. The smallest absolute Gasteiger partial charge is 0.253 e. The van der Waals surface area contributed by atoms with Gasteiger partial charge in [-0.05, 0) is 43.0 Å². The molecule has 4 atom stereocenters. The zero-order valence-corrected chi connectivity index (χ0v) is 24.5. The molecule has 1 saturated carbocycles. The number of amides is 2. The second-order valence-corrected chi connectivity index (χ2v) is 11.9. The molecule has 8 nitrogen and oxygen atoms in total. The van der Waals surface area contributed by atoms with Crippen molar-refractivity contribution in [3.63, 3.8) is 0 Å². The second kappa shape index (κ2) is 11.5. The number of alkyl halides is 2. The predicted molar refractivity (Wildman–Crippen MR) is 159 cm³/mol. The van der Waals surface area contributed by atoms with Crippen LogP contribution in [0.25, 0.3) is 6.08 Å². The lowest BCUT2D eigenvalue weighted by Crippen LogP contribution is -3.20. The Morgan fingerprint density at radius 3 is 2.59 bits per heavy atom. The number of hydrogen-bond acceptors (Lipinski definition) is 5. The molecule has 2 aliphatic heterocycles. The Morgan fingerprint density at radius 1 is 1.14 bits per heavy atom. The number of rotatable bonds is 8. The van der Waals surface area contributed by atoms with E-state index in [0.29, 0.717) is 0 Å². The van der Waals surface area contributed by atoms with Gasteiger partial charge in [-0.25, -0.2) is 23.4 Å². The van der Waals surface area contributed by atoms with Gasteiger partial charge in [0.1, 0.15) is 11.5 Å². The van der Waals surface area contributed by atoms with Crippen LogP contribution in [-0.2, 0) is 15.3 Å². The van der Waals surface area contributed by atoms with Gasteiger partial charge in [0, 0.05) is 53.9 Å². The number of carbonyl (C=O) groups excluding carboxylic acids is 2. The van der Waals surface area contributed by atoms with E-state index in [9.17, 15) is 28.0 Å². The van der Waals surface area contributed by atoms with Crippen molar-refractivity contribution in [1.82, 2.24) is 15.5 Å². The summed E-state index contributed by atoms with van der Waals surface area (Å²) in [7, 11) is 0. The van der Waals surface area contributed by atoms with E-state index in [4.69, 9.17) is 11.6 Å². The van der Waals surface area contributed by atoms with Gasteiger partial charge >= 0.3 is 0 Å². The number of benzene rings is 3. The van der Waals surface area contributed by atoms with Crippen LogP contribution < -0.4 is 20.8 Å². The highest BCUT2D eigenvalue weighted by atomic mass is 35.5. The number of halogens is 4. The summed E-state index contributed by atoms with van der Waals surface area (Å²) in [5.74, 6) is -4.58. The quantitative estimate of drug-likeness (QED) is 0.318. The van der Waals surface area contributed by atoms with Crippen molar-refractivity contribution >= 4 is 35.2 Å². The van der Waals surface area contributed by atoms with E-state index in [0.717, 1.165) is 22.2 Å². The largest absolute Gasteiger partial charge is 0.606 e. The Labute approximate surface area is 257 Å². The molecule has 3 N–H and O–H groups in total. The second-order valence-electron chi connectivity index (χ2n) is 11.5. The number of nitrogens with one attached hydrogen (secondary N) is 3. The number of nitrogens with zero attached hydrogens (tertiary/aromatic N) is 2. The molecule has 2 fully saturated rings. The van der Waals surface area contributed by atoms with Gasteiger partial charge in [-0.3, -0.25) is 14.5 Å². The number of carbonyl (C=O) groups is 2. The molecule has 6 rings (SSSR count). The van der Waals surface area contributed by atoms with Crippen molar-refractivity contribution in [2.75, 3.05) is 5.01 Å². The molecule has 44 heavy (non-hydrogen) atoms. The van der Waals surface area contributed by atoms with Gasteiger partial charge in [-0.2, -0.15) is 0 Å². The van der Waals surface area contributed by atoms with Gasteiger partial charge in [0.05, 0.1) is 5.69 Å². The zero-order chi connectivity index (χ0) is 31.2. The fraction of sp³-hybridized carbons (Fsp3) is 0.312. The summed E-state index contributed by atoms with van der Waals surface area (Å²) < 4.78 is 42.1. The van der Waals surface area contributed by atoms with Crippen LogP contribution >= 0.6 is 11.6 Å². The Hall–Kier alpha value is -4.06. The highest BCUT2D eigenvalue weighted by Gasteiger charge is 2.52. The summed E-state index contributed by atoms with van der Waals surface area (Å²) in [6.07, 6.45) is 1.65. The highest BCUT2D eigenvalue weighted by molar-refractivity contribution is 6.31. The first-order chi connectivity index (χ1) is 21.0. The molecular weight excluding hydrogens is 595 g/mol. The monoisotopic (exact) mass is 625 g/mol. The van der Waals surface area contributed by atoms with E-state index >= 15 is 0 Å². The molecule has 1 saturated heterocycles. The van der Waals surface area contributed by atoms with E-state index in [1.807, 2.05) is 30.3 Å². The van der Waals surface area contributed by atoms with Crippen molar-refractivity contribution in [1.29, 1.82) is 0 Å². The van der Waals surface area contributed by atoms with Gasteiger partial charge < -0.3 is 15.8 Å². The fourth-order valence-electron chi connectivity index (χ4n) is 6.46. The standard InChI is InChI=1S/C32H31ClF3N5O3/c1-31(25-11-4-2-7-20(25)15-16-37-31)39-27(13-14-28(39)42)41(44)40(23-9-6-8-21(34)17-23)29(24-10-3-5-12-26(24)33)30(43)38-22-18-32(35,36)19-22/h2-12,15-17,22,27,29,37,41H,13-14,18-19H2,1H3,(H,38,43)/t27-,29+,31?/m1/s1. The lowest BCUT2D eigenvalue weighted by Gasteiger charge is -2.50. The number of hydrogen-bond donors (Lipinski definition) is 3. The van der Waals surface area contributed by atoms with E-state index in [2.05, 4.69) is 10.6 Å². The third-order valence-corrected chi connectivity index (χ3v) is 8.90. The van der Waals surface area contributed by atoms with E-state index in [1.165, 1.54) is 23.1 Å². The lowest BCUT2D eigenvalue weighted by molar-refractivity contribution is -0.898. The first kappa shape index (κ1) is 30.0. The highest BCUT2D eigenvalue weighted by Crippen LogP contribution is 2.39. The SMILES string of the molecule is CC1(N2C(=O)CC[C@H]2[NH+]([O-])N(c2cccc(F)c2)[C@H](C(=O)NC2CC(F)(F)C2)c2ccccc2Cl)NC=Cc2ccccc21. The Bertz CT molecular complexity index is 1620. The van der Waals surface area contributed by atoms with Crippen LogP contribution in [0.1, 0.15) is 55.3 Å². The van der Waals surface area contributed by atoms with Crippen molar-refractivity contribution in [3.8, 4) is 0 Å². The minimum Gasteiger partial charge on any atom is -0.606 e. The van der Waals surface area contributed by atoms with E-state index in [1.54, 1.807) is 37.4 Å². The number of anilines is 1. The minimum absolute atomic E-state index is 0.0513. The summed E-state index contributed by atoms with van der Waals surface area (Å²) in [4.78, 5) is 29.0. The van der Waals surface area contributed by atoms with Crippen molar-refractivity contribution in [2.24, 2.45) is 0 Å². The third kappa shape index (κ3) is 5.40. The zero-order valence-electron chi connectivity index (χ0n) is 23.8. The Balaban J connectivity index is 1.45. The van der Waals surface area contributed by atoms with Gasteiger partial charge in [0.2, 0.25) is 5.91 Å². The molecule has 0 bridgehead atoms. The van der Waals surface area contributed by atoms with Gasteiger partial charge in [-0.1, -0.05) is 60.1 Å². The number of fused-ring (bicyclic) bond motifs is 1. The maximum Gasteiger partial charge on any atom is 0.253 e. The van der Waals surface area contributed by atoms with Crippen LogP contribution in [0.5, 0.6) is 0 Å². The molecule has 2 heterocycles. The summed E-state index contributed by atoms with van der Waals surface area (Å²) in [6.45, 7) is 1.81.